The zero-order valence-electron chi connectivity index (χ0n) is 17.2. The van der Waals surface area contributed by atoms with Crippen molar-refractivity contribution in [3.05, 3.63) is 71.2 Å². The van der Waals surface area contributed by atoms with Gasteiger partial charge in [-0.25, -0.2) is 22.5 Å². The number of carbonyl (C=O) groups excluding carboxylic acids is 2. The van der Waals surface area contributed by atoms with Gasteiger partial charge in [-0.3, -0.25) is 9.69 Å². The second-order valence-corrected chi connectivity index (χ2v) is 9.69. The van der Waals surface area contributed by atoms with Crippen molar-refractivity contribution >= 4 is 44.1 Å². The summed E-state index contributed by atoms with van der Waals surface area (Å²) in [5.41, 5.74) is 1.28. The summed E-state index contributed by atoms with van der Waals surface area (Å²) in [6.07, 6.45) is 0. The first kappa shape index (κ1) is 22.6. The van der Waals surface area contributed by atoms with Gasteiger partial charge in [0.15, 0.2) is 5.13 Å². The lowest BCUT2D eigenvalue weighted by atomic mass is 10.2. The van der Waals surface area contributed by atoms with Crippen LogP contribution in [-0.4, -0.2) is 43.7 Å². The number of ether oxygens (including phenoxy) is 1. The van der Waals surface area contributed by atoms with E-state index in [1.165, 1.54) is 61.5 Å². The molecule has 0 saturated carbocycles. The molecule has 0 bridgehead atoms. The minimum atomic E-state index is -3.66. The van der Waals surface area contributed by atoms with Gasteiger partial charge >= 0.3 is 5.97 Å². The number of sulfonamides is 1. The molecule has 8 nitrogen and oxygen atoms in total. The van der Waals surface area contributed by atoms with Crippen molar-refractivity contribution in [1.29, 1.82) is 0 Å². The van der Waals surface area contributed by atoms with E-state index in [0.717, 1.165) is 4.31 Å². The summed E-state index contributed by atoms with van der Waals surface area (Å²) in [6, 6.07) is 14.8. The summed E-state index contributed by atoms with van der Waals surface area (Å²) >= 11 is 1.26. The highest BCUT2D eigenvalue weighted by Crippen LogP contribution is 2.29. The fourth-order valence-electron chi connectivity index (χ4n) is 2.69. The second kappa shape index (κ2) is 9.38. The van der Waals surface area contributed by atoms with Gasteiger partial charge in [0.05, 0.1) is 21.8 Å². The molecule has 0 aliphatic heterocycles. The fourth-order valence-corrected chi connectivity index (χ4v) is 4.51. The average molecular weight is 460 g/mol. The number of para-hydroxylation sites is 1. The SMILES string of the molecule is CC(=O)N(c1ccccc1)c1nc(COC(=O)c2cccc(S(=O)(=O)N(C)C)c2)cs1. The Bertz CT molecular complexity index is 1190. The molecule has 0 unspecified atom stereocenters. The molecule has 3 aromatic rings. The number of esters is 1. The van der Waals surface area contributed by atoms with Crippen LogP contribution in [-0.2, 0) is 26.2 Å². The number of thiazole rings is 1. The lowest BCUT2D eigenvalue weighted by Crippen LogP contribution is -2.22. The van der Waals surface area contributed by atoms with Crippen LogP contribution in [0.5, 0.6) is 0 Å². The Morgan fingerprint density at radius 1 is 1.06 bits per heavy atom. The van der Waals surface area contributed by atoms with Gasteiger partial charge in [0.25, 0.3) is 0 Å². The maximum Gasteiger partial charge on any atom is 0.338 e. The molecule has 3 rings (SSSR count). The number of anilines is 2. The highest BCUT2D eigenvalue weighted by Gasteiger charge is 2.20. The minimum Gasteiger partial charge on any atom is -0.456 e. The molecule has 0 saturated heterocycles. The van der Waals surface area contributed by atoms with E-state index in [2.05, 4.69) is 4.98 Å². The molecule has 0 aliphatic rings. The van der Waals surface area contributed by atoms with Gasteiger partial charge in [-0.2, -0.15) is 0 Å². The zero-order valence-corrected chi connectivity index (χ0v) is 18.8. The van der Waals surface area contributed by atoms with Crippen LogP contribution in [0.4, 0.5) is 10.8 Å². The van der Waals surface area contributed by atoms with Crippen molar-refractivity contribution in [2.24, 2.45) is 0 Å². The van der Waals surface area contributed by atoms with Gasteiger partial charge in [0.2, 0.25) is 15.9 Å². The molecule has 10 heteroatoms. The molecule has 1 heterocycles. The van der Waals surface area contributed by atoms with E-state index in [1.54, 1.807) is 17.5 Å². The Labute approximate surface area is 184 Å². The first-order valence-electron chi connectivity index (χ1n) is 9.20. The van der Waals surface area contributed by atoms with Gasteiger partial charge in [-0.05, 0) is 30.3 Å². The van der Waals surface area contributed by atoms with Crippen LogP contribution in [0.2, 0.25) is 0 Å². The van der Waals surface area contributed by atoms with Gasteiger partial charge in [-0.15, -0.1) is 11.3 Å². The summed E-state index contributed by atoms with van der Waals surface area (Å²) in [5, 5.41) is 2.16. The van der Waals surface area contributed by atoms with Crippen LogP contribution < -0.4 is 4.90 Å². The van der Waals surface area contributed by atoms with Crippen molar-refractivity contribution in [1.82, 2.24) is 9.29 Å². The first-order chi connectivity index (χ1) is 14.7. The smallest absolute Gasteiger partial charge is 0.338 e. The normalized spacial score (nSPS) is 11.4. The molecular weight excluding hydrogens is 438 g/mol. The molecule has 1 aromatic heterocycles. The van der Waals surface area contributed by atoms with Crippen molar-refractivity contribution < 1.29 is 22.7 Å². The molecule has 0 N–H and O–H groups in total. The van der Waals surface area contributed by atoms with E-state index in [9.17, 15) is 18.0 Å². The quantitative estimate of drug-likeness (QED) is 0.502. The molecule has 0 aliphatic carbocycles. The first-order valence-corrected chi connectivity index (χ1v) is 11.5. The van der Waals surface area contributed by atoms with E-state index < -0.39 is 16.0 Å². The number of aromatic nitrogens is 1. The Morgan fingerprint density at radius 3 is 2.42 bits per heavy atom. The van der Waals surface area contributed by atoms with Gasteiger partial charge in [0, 0.05) is 26.4 Å². The summed E-state index contributed by atoms with van der Waals surface area (Å²) in [6.45, 7) is 1.34. The molecular formula is C21H21N3O5S2. The average Bonchev–Trinajstić information content (AvgIpc) is 3.21. The third-order valence-electron chi connectivity index (χ3n) is 4.26. The van der Waals surface area contributed by atoms with E-state index in [4.69, 9.17) is 4.74 Å². The number of amides is 1. The number of carbonyl (C=O) groups is 2. The summed E-state index contributed by atoms with van der Waals surface area (Å²) < 4.78 is 30.9. The number of hydrogen-bond donors (Lipinski definition) is 0. The maximum absolute atomic E-state index is 12.4. The maximum atomic E-state index is 12.4. The number of benzene rings is 2. The molecule has 0 radical (unpaired) electrons. The van der Waals surface area contributed by atoms with Crippen LogP contribution in [0.15, 0.2) is 64.9 Å². The van der Waals surface area contributed by atoms with E-state index in [-0.39, 0.29) is 23.0 Å². The molecule has 1 amide bonds. The molecule has 162 valence electrons. The third kappa shape index (κ3) is 5.16. The second-order valence-electron chi connectivity index (χ2n) is 6.70. The predicted octanol–water partition coefficient (Wildman–Crippen LogP) is 3.44. The largest absolute Gasteiger partial charge is 0.456 e. The predicted molar refractivity (Wildman–Crippen MR) is 118 cm³/mol. The Hall–Kier alpha value is -3.08. The van der Waals surface area contributed by atoms with Crippen LogP contribution in [0, 0.1) is 0 Å². The number of hydrogen-bond acceptors (Lipinski definition) is 7. The minimum absolute atomic E-state index is 0.00264. The number of nitrogens with zero attached hydrogens (tertiary/aromatic N) is 3. The van der Waals surface area contributed by atoms with Crippen LogP contribution in [0.1, 0.15) is 23.0 Å². The van der Waals surface area contributed by atoms with Gasteiger partial charge in [0.1, 0.15) is 6.61 Å². The molecule has 2 aromatic carbocycles. The molecule has 0 fully saturated rings. The summed E-state index contributed by atoms with van der Waals surface area (Å²) in [7, 11) is -0.830. The highest BCUT2D eigenvalue weighted by molar-refractivity contribution is 7.89. The summed E-state index contributed by atoms with van der Waals surface area (Å²) in [4.78, 5) is 30.4. The zero-order chi connectivity index (χ0) is 22.6. The van der Waals surface area contributed by atoms with E-state index in [1.807, 2.05) is 18.2 Å². The van der Waals surface area contributed by atoms with Crippen LogP contribution in [0.25, 0.3) is 0 Å². The van der Waals surface area contributed by atoms with Crippen molar-refractivity contribution in [2.45, 2.75) is 18.4 Å². The van der Waals surface area contributed by atoms with Crippen LogP contribution in [0.3, 0.4) is 0 Å². The van der Waals surface area contributed by atoms with Crippen molar-refractivity contribution in [3.8, 4) is 0 Å². The molecule has 31 heavy (non-hydrogen) atoms. The summed E-state index contributed by atoms with van der Waals surface area (Å²) in [5.74, 6) is -0.861. The lowest BCUT2D eigenvalue weighted by Gasteiger charge is -2.17. The number of rotatable bonds is 7. The highest BCUT2D eigenvalue weighted by atomic mass is 32.2. The lowest BCUT2D eigenvalue weighted by molar-refractivity contribution is -0.115. The van der Waals surface area contributed by atoms with Crippen LogP contribution >= 0.6 is 11.3 Å². The van der Waals surface area contributed by atoms with Gasteiger partial charge in [-0.1, -0.05) is 24.3 Å². The van der Waals surface area contributed by atoms with E-state index in [0.29, 0.717) is 16.5 Å². The standard InChI is InChI=1S/C21H21N3O5S2/c1-15(25)24(18-9-5-4-6-10-18)21-22-17(14-30-21)13-29-20(26)16-8-7-11-19(12-16)31(27,28)23(2)3/h4-12,14H,13H2,1-3H3. The topological polar surface area (TPSA) is 96.9 Å². The Morgan fingerprint density at radius 2 is 1.77 bits per heavy atom. The monoisotopic (exact) mass is 459 g/mol. The van der Waals surface area contributed by atoms with E-state index >= 15 is 0 Å². The fraction of sp³-hybridized carbons (Fsp3) is 0.190. The Kier molecular flexibility index (Phi) is 6.84. The van der Waals surface area contributed by atoms with Crippen molar-refractivity contribution in [3.63, 3.8) is 0 Å². The van der Waals surface area contributed by atoms with Gasteiger partial charge < -0.3 is 4.74 Å². The molecule has 0 atom stereocenters. The van der Waals surface area contributed by atoms with Crippen molar-refractivity contribution in [2.75, 3.05) is 19.0 Å². The Balaban J connectivity index is 1.72. The third-order valence-corrected chi connectivity index (χ3v) is 6.95. The molecule has 0 spiro atoms.